The summed E-state index contributed by atoms with van der Waals surface area (Å²) in [6.45, 7) is 6.81. The lowest BCUT2D eigenvalue weighted by atomic mass is 9.78. The van der Waals surface area contributed by atoms with Gasteiger partial charge in [-0.2, -0.15) is 0 Å². The first-order valence-electron chi connectivity index (χ1n) is 6.74. The van der Waals surface area contributed by atoms with Gasteiger partial charge in [-0.1, -0.05) is 13.8 Å². The molecule has 2 N–H and O–H groups in total. The molecule has 2 amide bonds. The summed E-state index contributed by atoms with van der Waals surface area (Å²) in [7, 11) is 0. The van der Waals surface area contributed by atoms with Crippen LogP contribution in [-0.2, 0) is 4.79 Å². The lowest BCUT2D eigenvalue weighted by Gasteiger charge is -2.39. The fraction of sp³-hybridized carbons (Fsp3) is 0.846. The molecular formula is C13H24N2O3. The standard InChI is InChI=1S/C13H24N2O3/c1-4-10(3)14-12(18)15-8-6-7-13(5-2,9-15)11(16)17/h10H,4-9H2,1-3H3,(H,14,18)(H,16,17). The van der Waals surface area contributed by atoms with E-state index in [9.17, 15) is 14.7 Å². The highest BCUT2D eigenvalue weighted by Crippen LogP contribution is 2.33. The Morgan fingerprint density at radius 2 is 2.11 bits per heavy atom. The molecule has 104 valence electrons. The SMILES string of the molecule is CCC(C)NC(=O)N1CCCC(CC)(C(=O)O)C1. The first-order chi connectivity index (χ1) is 8.45. The van der Waals surface area contributed by atoms with E-state index < -0.39 is 11.4 Å². The van der Waals surface area contributed by atoms with Gasteiger partial charge in [0.1, 0.15) is 0 Å². The van der Waals surface area contributed by atoms with E-state index in [0.29, 0.717) is 25.9 Å². The van der Waals surface area contributed by atoms with Gasteiger partial charge in [0.2, 0.25) is 0 Å². The van der Waals surface area contributed by atoms with E-state index in [1.807, 2.05) is 20.8 Å². The highest BCUT2D eigenvalue weighted by molar-refractivity contribution is 5.78. The van der Waals surface area contributed by atoms with Crippen molar-refractivity contribution in [3.8, 4) is 0 Å². The Morgan fingerprint density at radius 3 is 2.61 bits per heavy atom. The van der Waals surface area contributed by atoms with Gasteiger partial charge >= 0.3 is 12.0 Å². The number of carbonyl (C=O) groups excluding carboxylic acids is 1. The molecule has 1 aliphatic heterocycles. The molecule has 2 atom stereocenters. The third-order valence-electron chi connectivity index (χ3n) is 3.98. The van der Waals surface area contributed by atoms with Crippen molar-refractivity contribution in [1.82, 2.24) is 10.2 Å². The number of hydrogen-bond acceptors (Lipinski definition) is 2. The molecular weight excluding hydrogens is 232 g/mol. The Hall–Kier alpha value is -1.26. The van der Waals surface area contributed by atoms with Crippen LogP contribution in [0.15, 0.2) is 0 Å². The molecule has 0 aromatic carbocycles. The van der Waals surface area contributed by atoms with E-state index >= 15 is 0 Å². The number of urea groups is 1. The first-order valence-corrected chi connectivity index (χ1v) is 6.74. The normalized spacial score (nSPS) is 25.6. The lowest BCUT2D eigenvalue weighted by molar-refractivity contribution is -0.152. The van der Waals surface area contributed by atoms with Crippen LogP contribution >= 0.6 is 0 Å². The number of aliphatic carboxylic acids is 1. The molecule has 0 spiro atoms. The van der Waals surface area contributed by atoms with Crippen LogP contribution in [0, 0.1) is 5.41 Å². The van der Waals surface area contributed by atoms with Crippen LogP contribution in [0.1, 0.15) is 46.5 Å². The maximum absolute atomic E-state index is 12.0. The molecule has 0 radical (unpaired) electrons. The second-order valence-electron chi connectivity index (χ2n) is 5.22. The van der Waals surface area contributed by atoms with Crippen LogP contribution in [-0.4, -0.2) is 41.1 Å². The quantitative estimate of drug-likeness (QED) is 0.809. The third-order valence-corrected chi connectivity index (χ3v) is 3.98. The second kappa shape index (κ2) is 6.07. The second-order valence-corrected chi connectivity index (χ2v) is 5.22. The summed E-state index contributed by atoms with van der Waals surface area (Å²) < 4.78 is 0. The largest absolute Gasteiger partial charge is 0.481 e. The van der Waals surface area contributed by atoms with Gasteiger partial charge in [0.05, 0.1) is 5.41 Å². The molecule has 1 aliphatic rings. The minimum Gasteiger partial charge on any atom is -0.481 e. The Morgan fingerprint density at radius 1 is 1.44 bits per heavy atom. The molecule has 5 nitrogen and oxygen atoms in total. The number of carboxylic acids is 1. The zero-order valence-electron chi connectivity index (χ0n) is 11.5. The summed E-state index contributed by atoms with van der Waals surface area (Å²) in [6, 6.07) is -0.0107. The van der Waals surface area contributed by atoms with Crippen LogP contribution in [0.3, 0.4) is 0 Å². The number of nitrogens with zero attached hydrogens (tertiary/aromatic N) is 1. The molecule has 0 aliphatic carbocycles. The van der Waals surface area contributed by atoms with Gasteiger partial charge in [-0.25, -0.2) is 4.79 Å². The minimum atomic E-state index is -0.786. The van der Waals surface area contributed by atoms with Gasteiger partial charge in [0.15, 0.2) is 0 Å². The van der Waals surface area contributed by atoms with Crippen molar-refractivity contribution in [2.24, 2.45) is 5.41 Å². The average molecular weight is 256 g/mol. The van der Waals surface area contributed by atoms with Gasteiger partial charge in [-0.3, -0.25) is 4.79 Å². The maximum Gasteiger partial charge on any atom is 0.317 e. The molecule has 1 heterocycles. The predicted molar refractivity (Wildman–Crippen MR) is 69.5 cm³/mol. The number of amides is 2. The Balaban J connectivity index is 2.68. The number of nitrogens with one attached hydrogen (secondary N) is 1. The van der Waals surface area contributed by atoms with Crippen molar-refractivity contribution >= 4 is 12.0 Å². The number of carbonyl (C=O) groups is 2. The third kappa shape index (κ3) is 3.15. The smallest absolute Gasteiger partial charge is 0.317 e. The van der Waals surface area contributed by atoms with E-state index in [1.165, 1.54) is 0 Å². The van der Waals surface area contributed by atoms with Crippen molar-refractivity contribution in [2.75, 3.05) is 13.1 Å². The lowest BCUT2D eigenvalue weighted by Crippen LogP contribution is -2.53. The Bertz CT molecular complexity index is 319. The van der Waals surface area contributed by atoms with Crippen LogP contribution in [0.25, 0.3) is 0 Å². The molecule has 1 saturated heterocycles. The van der Waals surface area contributed by atoms with E-state index in [1.54, 1.807) is 4.90 Å². The van der Waals surface area contributed by atoms with Crippen LogP contribution in [0.4, 0.5) is 4.79 Å². The topological polar surface area (TPSA) is 69.6 Å². The predicted octanol–water partition coefficient (Wildman–Crippen LogP) is 2.07. The van der Waals surface area contributed by atoms with Gasteiger partial charge in [0, 0.05) is 19.1 Å². The van der Waals surface area contributed by atoms with Gasteiger partial charge < -0.3 is 15.3 Å². The molecule has 5 heteroatoms. The summed E-state index contributed by atoms with van der Waals surface area (Å²) in [4.78, 5) is 25.1. The number of hydrogen-bond donors (Lipinski definition) is 2. The summed E-state index contributed by atoms with van der Waals surface area (Å²) >= 11 is 0. The summed E-state index contributed by atoms with van der Waals surface area (Å²) in [5.41, 5.74) is -0.759. The molecule has 0 aromatic rings. The van der Waals surface area contributed by atoms with E-state index in [2.05, 4.69) is 5.32 Å². The van der Waals surface area contributed by atoms with Gasteiger partial charge in [-0.15, -0.1) is 0 Å². The van der Waals surface area contributed by atoms with Crippen molar-refractivity contribution in [1.29, 1.82) is 0 Å². The summed E-state index contributed by atoms with van der Waals surface area (Å²) in [6.07, 6.45) is 2.85. The van der Waals surface area contributed by atoms with Crippen LogP contribution < -0.4 is 5.32 Å². The zero-order chi connectivity index (χ0) is 13.8. The fourth-order valence-electron chi connectivity index (χ4n) is 2.32. The van der Waals surface area contributed by atoms with Crippen molar-refractivity contribution in [3.63, 3.8) is 0 Å². The number of rotatable bonds is 4. The molecule has 0 saturated carbocycles. The Kier molecular flexibility index (Phi) is 4.99. The van der Waals surface area contributed by atoms with Crippen molar-refractivity contribution in [2.45, 2.75) is 52.5 Å². The fourth-order valence-corrected chi connectivity index (χ4v) is 2.32. The van der Waals surface area contributed by atoms with E-state index in [-0.39, 0.29) is 12.1 Å². The van der Waals surface area contributed by atoms with E-state index in [4.69, 9.17) is 0 Å². The maximum atomic E-state index is 12.0. The van der Waals surface area contributed by atoms with Gasteiger partial charge in [0.25, 0.3) is 0 Å². The van der Waals surface area contributed by atoms with E-state index in [0.717, 1.165) is 12.8 Å². The summed E-state index contributed by atoms with van der Waals surface area (Å²) in [5, 5.41) is 12.3. The first kappa shape index (κ1) is 14.8. The minimum absolute atomic E-state index is 0.125. The summed E-state index contributed by atoms with van der Waals surface area (Å²) in [5.74, 6) is -0.786. The van der Waals surface area contributed by atoms with Crippen molar-refractivity contribution in [3.05, 3.63) is 0 Å². The molecule has 1 fully saturated rings. The van der Waals surface area contributed by atoms with Crippen molar-refractivity contribution < 1.29 is 14.7 Å². The zero-order valence-corrected chi connectivity index (χ0v) is 11.5. The van der Waals surface area contributed by atoms with Crippen LogP contribution in [0.5, 0.6) is 0 Å². The number of carboxylic acid groups (broad SMARTS) is 1. The van der Waals surface area contributed by atoms with Crippen LogP contribution in [0.2, 0.25) is 0 Å². The average Bonchev–Trinajstić information content (AvgIpc) is 2.38. The molecule has 0 aromatic heterocycles. The Labute approximate surface area is 109 Å². The molecule has 0 bridgehead atoms. The highest BCUT2D eigenvalue weighted by Gasteiger charge is 2.42. The number of likely N-dealkylation sites (tertiary alicyclic amines) is 1. The molecule has 2 unspecified atom stereocenters. The monoisotopic (exact) mass is 256 g/mol. The molecule has 18 heavy (non-hydrogen) atoms. The number of piperidine rings is 1. The molecule has 1 rings (SSSR count). The van der Waals surface area contributed by atoms with Gasteiger partial charge in [-0.05, 0) is 32.6 Å². The highest BCUT2D eigenvalue weighted by atomic mass is 16.4.